The summed E-state index contributed by atoms with van der Waals surface area (Å²) in [6.45, 7) is -0.711. The minimum Gasteiger partial charge on any atom is -0.506 e. The number of aliphatic hydroxyl groups is 2. The Balaban J connectivity index is 1.42. The lowest BCUT2D eigenvalue weighted by atomic mass is 10.1. The van der Waals surface area contributed by atoms with Gasteiger partial charge in [-0.3, -0.25) is 14.0 Å². The first-order valence-electron chi connectivity index (χ1n) is 9.32. The molecule has 0 bridgehead atoms. The number of rotatable bonds is 6. The number of ether oxygens (including phenoxy) is 1. The quantitative estimate of drug-likeness (QED) is 0.145. The minimum atomic E-state index is -4.95. The summed E-state index contributed by atoms with van der Waals surface area (Å²) < 4.78 is 28.3. The molecular formula is C17H19N6O9P. The zero-order valence-corrected chi connectivity index (χ0v) is 17.5. The van der Waals surface area contributed by atoms with Gasteiger partial charge in [0.05, 0.1) is 24.2 Å². The number of benzene rings is 1. The molecule has 16 heteroatoms. The van der Waals surface area contributed by atoms with Crippen LogP contribution in [0.2, 0.25) is 0 Å². The Morgan fingerprint density at radius 3 is 2.70 bits per heavy atom. The molecule has 2 aromatic heterocycles. The van der Waals surface area contributed by atoms with Crippen LogP contribution in [0.5, 0.6) is 5.75 Å². The summed E-state index contributed by atoms with van der Waals surface area (Å²) >= 11 is 0. The number of carbonyl (C=O) groups excluding carboxylic acids is 1. The third-order valence-electron chi connectivity index (χ3n) is 4.86. The van der Waals surface area contributed by atoms with Crippen LogP contribution in [-0.2, 0) is 18.3 Å². The van der Waals surface area contributed by atoms with E-state index in [1.54, 1.807) is 0 Å². The second kappa shape index (κ2) is 8.55. The van der Waals surface area contributed by atoms with Crippen molar-refractivity contribution < 1.29 is 43.4 Å². The molecule has 33 heavy (non-hydrogen) atoms. The molecule has 3 heterocycles. The van der Waals surface area contributed by atoms with Crippen LogP contribution >= 0.6 is 7.82 Å². The number of nitrogen functional groups attached to an aromatic ring is 2. The van der Waals surface area contributed by atoms with Gasteiger partial charge in [0, 0.05) is 0 Å². The Kier molecular flexibility index (Phi) is 5.92. The predicted octanol–water partition coefficient (Wildman–Crippen LogP) is -0.711. The number of aromatic hydroxyl groups is 1. The van der Waals surface area contributed by atoms with Crippen molar-refractivity contribution in [1.82, 2.24) is 19.5 Å². The number of nitrogens with zero attached hydrogens (tertiary/aromatic N) is 4. The monoisotopic (exact) mass is 482 g/mol. The van der Waals surface area contributed by atoms with E-state index in [2.05, 4.69) is 19.5 Å². The topological polar surface area (TPSA) is 238 Å². The molecule has 0 radical (unpaired) electrons. The zero-order chi connectivity index (χ0) is 23.9. The number of imidazole rings is 1. The van der Waals surface area contributed by atoms with Crippen molar-refractivity contribution in [2.24, 2.45) is 0 Å². The van der Waals surface area contributed by atoms with Gasteiger partial charge >= 0.3 is 13.8 Å². The van der Waals surface area contributed by atoms with Crippen molar-refractivity contribution in [3.05, 3.63) is 36.4 Å². The lowest BCUT2D eigenvalue weighted by molar-refractivity contribution is -0.0508. The van der Waals surface area contributed by atoms with E-state index in [-0.39, 0.29) is 34.0 Å². The number of hydrogen-bond donors (Lipinski definition) is 6. The van der Waals surface area contributed by atoms with E-state index in [9.17, 15) is 29.6 Å². The summed E-state index contributed by atoms with van der Waals surface area (Å²) in [4.78, 5) is 33.8. The van der Waals surface area contributed by atoms with E-state index in [0.29, 0.717) is 0 Å². The van der Waals surface area contributed by atoms with Crippen LogP contribution in [-0.4, -0.2) is 70.6 Å². The van der Waals surface area contributed by atoms with Gasteiger partial charge in [-0.1, -0.05) is 0 Å². The van der Waals surface area contributed by atoms with Crippen LogP contribution in [0.3, 0.4) is 0 Å². The standard InChI is InChI=1S/C17H19N6O9P/c18-8-3-7(1-2-9(8)24)17(27)32-33(28,29)30-4-10-12(25)13(26)16(31-10)23-6-22-11-14(19)20-5-21-15(11)23/h1-3,5-6,10,12-13,16,24-26H,4,18H2,(H,28,29)(H2,19,20,21)/t10-,12-,13-,16-/m1/s1. The van der Waals surface area contributed by atoms with E-state index >= 15 is 0 Å². The first-order valence-corrected chi connectivity index (χ1v) is 10.8. The summed E-state index contributed by atoms with van der Waals surface area (Å²) in [6.07, 6.45) is -2.99. The fraction of sp³-hybridized carbons (Fsp3) is 0.294. The Bertz CT molecular complexity index is 1250. The highest BCUT2D eigenvalue weighted by Gasteiger charge is 2.45. The molecule has 0 saturated carbocycles. The van der Waals surface area contributed by atoms with Crippen molar-refractivity contribution in [2.45, 2.75) is 24.5 Å². The normalized spacial score (nSPS) is 24.6. The van der Waals surface area contributed by atoms with Crippen LogP contribution in [0.15, 0.2) is 30.9 Å². The van der Waals surface area contributed by atoms with E-state index < -0.39 is 44.9 Å². The number of carbonyl (C=O) groups is 1. The van der Waals surface area contributed by atoms with Crippen molar-refractivity contribution in [2.75, 3.05) is 18.1 Å². The van der Waals surface area contributed by atoms with Gasteiger partial charge in [-0.2, -0.15) is 0 Å². The van der Waals surface area contributed by atoms with E-state index in [1.807, 2.05) is 0 Å². The van der Waals surface area contributed by atoms with Crippen LogP contribution in [0, 0.1) is 0 Å². The van der Waals surface area contributed by atoms with Gasteiger partial charge in [0.2, 0.25) is 0 Å². The zero-order valence-electron chi connectivity index (χ0n) is 16.6. The summed E-state index contributed by atoms with van der Waals surface area (Å²) in [7, 11) is -4.95. The maximum absolute atomic E-state index is 12.2. The number of fused-ring (bicyclic) bond motifs is 1. The van der Waals surface area contributed by atoms with Crippen LogP contribution < -0.4 is 11.5 Å². The van der Waals surface area contributed by atoms with Gasteiger partial charge in [0.15, 0.2) is 17.7 Å². The molecule has 3 aromatic rings. The maximum Gasteiger partial charge on any atom is 0.529 e. The van der Waals surface area contributed by atoms with Crippen molar-refractivity contribution in [3.63, 3.8) is 0 Å². The Morgan fingerprint density at radius 2 is 1.97 bits per heavy atom. The molecule has 1 aliphatic rings. The summed E-state index contributed by atoms with van der Waals surface area (Å²) in [6, 6.07) is 3.29. The number of anilines is 2. The Hall–Kier alpha value is -3.33. The molecule has 1 aliphatic heterocycles. The van der Waals surface area contributed by atoms with Gasteiger partial charge in [0.1, 0.15) is 35.9 Å². The highest BCUT2D eigenvalue weighted by molar-refractivity contribution is 7.48. The van der Waals surface area contributed by atoms with Crippen LogP contribution in [0.25, 0.3) is 11.2 Å². The van der Waals surface area contributed by atoms with Crippen molar-refractivity contribution in [1.29, 1.82) is 0 Å². The Labute approximate surface area is 184 Å². The number of aliphatic hydroxyl groups excluding tert-OH is 2. The molecule has 0 amide bonds. The third kappa shape index (κ3) is 4.45. The molecule has 1 aromatic carbocycles. The number of nitrogens with two attached hydrogens (primary N) is 2. The fourth-order valence-electron chi connectivity index (χ4n) is 3.19. The summed E-state index contributed by atoms with van der Waals surface area (Å²) in [5.41, 5.74) is 11.4. The van der Waals surface area contributed by atoms with E-state index in [4.69, 9.17) is 20.7 Å². The van der Waals surface area contributed by atoms with Crippen molar-refractivity contribution >= 4 is 36.5 Å². The summed E-state index contributed by atoms with van der Waals surface area (Å²) in [5.74, 6) is -1.42. The molecule has 1 fully saturated rings. The van der Waals surface area contributed by atoms with Gasteiger partial charge in [0.25, 0.3) is 0 Å². The highest BCUT2D eigenvalue weighted by Crippen LogP contribution is 2.45. The largest absolute Gasteiger partial charge is 0.529 e. The van der Waals surface area contributed by atoms with Gasteiger partial charge in [-0.25, -0.2) is 24.3 Å². The molecule has 15 nitrogen and oxygen atoms in total. The van der Waals surface area contributed by atoms with Gasteiger partial charge in [-0.15, -0.1) is 0 Å². The average Bonchev–Trinajstić information content (AvgIpc) is 3.31. The molecule has 1 saturated heterocycles. The number of phosphoric acid groups is 1. The Morgan fingerprint density at radius 1 is 1.21 bits per heavy atom. The van der Waals surface area contributed by atoms with E-state index in [0.717, 1.165) is 18.2 Å². The third-order valence-corrected chi connectivity index (χ3v) is 5.73. The number of phenols is 1. The van der Waals surface area contributed by atoms with Gasteiger partial charge < -0.3 is 36.0 Å². The van der Waals surface area contributed by atoms with Gasteiger partial charge in [-0.05, 0) is 18.2 Å². The molecule has 0 aliphatic carbocycles. The van der Waals surface area contributed by atoms with Crippen molar-refractivity contribution in [3.8, 4) is 5.75 Å². The first kappa shape index (κ1) is 22.8. The van der Waals surface area contributed by atoms with Crippen LogP contribution in [0.4, 0.5) is 11.5 Å². The lowest BCUT2D eigenvalue weighted by Gasteiger charge is -2.17. The maximum atomic E-state index is 12.2. The molecular weight excluding hydrogens is 463 g/mol. The molecule has 1 unspecified atom stereocenters. The minimum absolute atomic E-state index is 0.102. The predicted molar refractivity (Wildman–Crippen MR) is 109 cm³/mol. The van der Waals surface area contributed by atoms with E-state index in [1.165, 1.54) is 17.2 Å². The second-order valence-corrected chi connectivity index (χ2v) is 8.42. The lowest BCUT2D eigenvalue weighted by Crippen LogP contribution is -2.33. The number of phenolic OH excluding ortho intramolecular Hbond substituents is 1. The SMILES string of the molecule is Nc1cc(C(=O)OP(=O)(O)OC[C@H]2O[C@@H](n3cnc4c(N)ncnc43)[C@H](O)[C@@H]2O)ccc1O. The highest BCUT2D eigenvalue weighted by atomic mass is 31.2. The smallest absolute Gasteiger partial charge is 0.506 e. The molecule has 176 valence electrons. The number of aromatic nitrogens is 4. The summed E-state index contributed by atoms with van der Waals surface area (Å²) in [5, 5.41) is 30.1. The van der Waals surface area contributed by atoms with Crippen LogP contribution in [0.1, 0.15) is 16.6 Å². The molecule has 8 N–H and O–H groups in total. The molecule has 4 rings (SSSR count). The molecule has 5 atom stereocenters. The number of hydrogen-bond acceptors (Lipinski definition) is 13. The fourth-order valence-corrected chi connectivity index (χ4v) is 3.89. The number of phosphoric ester groups is 1. The first-order chi connectivity index (χ1) is 15.6. The molecule has 0 spiro atoms. The average molecular weight is 482 g/mol. The second-order valence-electron chi connectivity index (χ2n) is 7.05.